The molecule has 0 spiro atoms. The molecule has 1 aromatic carbocycles. The monoisotopic (exact) mass is 359 g/mol. The fourth-order valence-electron chi connectivity index (χ4n) is 3.80. The van der Waals surface area contributed by atoms with Gasteiger partial charge in [-0.05, 0) is 25.0 Å². The van der Waals surface area contributed by atoms with Crippen molar-refractivity contribution in [3.63, 3.8) is 0 Å². The fourth-order valence-corrected chi connectivity index (χ4v) is 3.80. The summed E-state index contributed by atoms with van der Waals surface area (Å²) in [6.45, 7) is 3.69. The SMILES string of the molecule is COc1cccc(F)c1C(=O)N1CCC(c2nnc3n2CCNC3)CC1. The fraction of sp³-hybridized carbons (Fsp3) is 0.500. The van der Waals surface area contributed by atoms with E-state index in [-0.39, 0.29) is 23.1 Å². The average Bonchev–Trinajstić information content (AvgIpc) is 3.11. The largest absolute Gasteiger partial charge is 0.496 e. The van der Waals surface area contributed by atoms with E-state index in [1.165, 1.54) is 13.2 Å². The molecule has 7 nitrogen and oxygen atoms in total. The van der Waals surface area contributed by atoms with Gasteiger partial charge in [0.25, 0.3) is 5.91 Å². The second-order valence-electron chi connectivity index (χ2n) is 6.69. The molecule has 0 aliphatic carbocycles. The molecule has 8 heteroatoms. The van der Waals surface area contributed by atoms with Crippen LogP contribution in [0, 0.1) is 5.82 Å². The zero-order valence-corrected chi connectivity index (χ0v) is 14.7. The second kappa shape index (κ2) is 7.03. The molecule has 1 aromatic heterocycles. The van der Waals surface area contributed by atoms with Crippen LogP contribution in [-0.2, 0) is 13.1 Å². The van der Waals surface area contributed by atoms with Gasteiger partial charge < -0.3 is 19.5 Å². The zero-order valence-electron chi connectivity index (χ0n) is 14.7. The maximum Gasteiger partial charge on any atom is 0.260 e. The van der Waals surface area contributed by atoms with Gasteiger partial charge in [-0.3, -0.25) is 4.79 Å². The van der Waals surface area contributed by atoms with E-state index in [2.05, 4.69) is 20.1 Å². The Morgan fingerprint density at radius 2 is 2.08 bits per heavy atom. The lowest BCUT2D eigenvalue weighted by Crippen LogP contribution is -2.39. The molecule has 3 heterocycles. The van der Waals surface area contributed by atoms with Crippen molar-refractivity contribution in [1.29, 1.82) is 0 Å². The van der Waals surface area contributed by atoms with Gasteiger partial charge in [0.1, 0.15) is 28.8 Å². The minimum Gasteiger partial charge on any atom is -0.496 e. The number of likely N-dealkylation sites (tertiary alicyclic amines) is 1. The molecular weight excluding hydrogens is 337 g/mol. The molecule has 0 unspecified atom stereocenters. The highest BCUT2D eigenvalue weighted by Crippen LogP contribution is 2.30. The smallest absolute Gasteiger partial charge is 0.260 e. The number of rotatable bonds is 3. The van der Waals surface area contributed by atoms with Crippen molar-refractivity contribution in [1.82, 2.24) is 25.0 Å². The van der Waals surface area contributed by atoms with Gasteiger partial charge in [0.15, 0.2) is 0 Å². The summed E-state index contributed by atoms with van der Waals surface area (Å²) < 4.78 is 21.5. The third-order valence-corrected chi connectivity index (χ3v) is 5.21. The Morgan fingerprint density at radius 3 is 2.85 bits per heavy atom. The molecule has 4 rings (SSSR count). The topological polar surface area (TPSA) is 72.3 Å². The first-order chi connectivity index (χ1) is 12.7. The van der Waals surface area contributed by atoms with Crippen LogP contribution in [0.15, 0.2) is 18.2 Å². The van der Waals surface area contributed by atoms with Crippen LogP contribution in [-0.4, -0.2) is 52.3 Å². The number of nitrogens with zero attached hydrogens (tertiary/aromatic N) is 4. The number of methoxy groups -OCH3 is 1. The molecule has 0 bridgehead atoms. The van der Waals surface area contributed by atoms with Crippen LogP contribution in [0.1, 0.15) is 40.8 Å². The number of ether oxygens (including phenoxy) is 1. The molecule has 2 aliphatic heterocycles. The summed E-state index contributed by atoms with van der Waals surface area (Å²) >= 11 is 0. The molecule has 1 amide bonds. The van der Waals surface area contributed by atoms with E-state index in [9.17, 15) is 9.18 Å². The van der Waals surface area contributed by atoms with Crippen LogP contribution in [0.3, 0.4) is 0 Å². The van der Waals surface area contributed by atoms with Gasteiger partial charge in [-0.2, -0.15) is 0 Å². The number of carbonyl (C=O) groups is 1. The van der Waals surface area contributed by atoms with E-state index < -0.39 is 5.82 Å². The summed E-state index contributed by atoms with van der Waals surface area (Å²) in [6.07, 6.45) is 1.60. The molecule has 0 atom stereocenters. The maximum atomic E-state index is 14.2. The van der Waals surface area contributed by atoms with Gasteiger partial charge in [-0.1, -0.05) is 6.07 Å². The third kappa shape index (κ3) is 2.94. The Balaban J connectivity index is 1.47. The van der Waals surface area contributed by atoms with E-state index in [1.807, 2.05) is 0 Å². The first kappa shape index (κ1) is 17.0. The van der Waals surface area contributed by atoms with Crippen molar-refractivity contribution in [2.75, 3.05) is 26.7 Å². The van der Waals surface area contributed by atoms with Crippen LogP contribution < -0.4 is 10.1 Å². The number of carbonyl (C=O) groups excluding carboxylic acids is 1. The summed E-state index contributed by atoms with van der Waals surface area (Å²) in [5.74, 6) is 1.68. The molecule has 26 heavy (non-hydrogen) atoms. The highest BCUT2D eigenvalue weighted by atomic mass is 19.1. The molecule has 138 valence electrons. The van der Waals surface area contributed by atoms with E-state index >= 15 is 0 Å². The van der Waals surface area contributed by atoms with Crippen molar-refractivity contribution >= 4 is 5.91 Å². The number of hydrogen-bond acceptors (Lipinski definition) is 5. The Hall–Kier alpha value is -2.48. The van der Waals surface area contributed by atoms with Gasteiger partial charge in [-0.25, -0.2) is 4.39 Å². The Labute approximate surface area is 151 Å². The Kier molecular flexibility index (Phi) is 4.58. The number of halogens is 1. The molecule has 0 saturated carbocycles. The molecular formula is C18H22FN5O2. The molecule has 0 radical (unpaired) electrons. The molecule has 1 saturated heterocycles. The Morgan fingerprint density at radius 1 is 1.27 bits per heavy atom. The number of nitrogens with one attached hydrogen (secondary N) is 1. The minimum atomic E-state index is -0.546. The number of benzene rings is 1. The quantitative estimate of drug-likeness (QED) is 0.900. The lowest BCUT2D eigenvalue weighted by atomic mass is 9.95. The molecule has 1 N–H and O–H groups in total. The van der Waals surface area contributed by atoms with Gasteiger partial charge >= 0.3 is 0 Å². The van der Waals surface area contributed by atoms with E-state index in [4.69, 9.17) is 4.74 Å². The summed E-state index contributed by atoms with van der Waals surface area (Å²) in [5, 5.41) is 11.9. The van der Waals surface area contributed by atoms with E-state index in [0.29, 0.717) is 13.1 Å². The predicted octanol–water partition coefficient (Wildman–Crippen LogP) is 1.55. The number of piperidine rings is 1. The normalized spacial score (nSPS) is 17.8. The van der Waals surface area contributed by atoms with Gasteiger partial charge in [0.2, 0.25) is 0 Å². The maximum absolute atomic E-state index is 14.2. The van der Waals surface area contributed by atoms with Crippen molar-refractivity contribution in [3.05, 3.63) is 41.2 Å². The summed E-state index contributed by atoms with van der Waals surface area (Å²) in [4.78, 5) is 14.5. The standard InChI is InChI=1S/C18H22FN5O2/c1-26-14-4-2-3-13(19)16(14)18(25)23-8-5-12(6-9-23)17-22-21-15-11-20-7-10-24(15)17/h2-4,12,20H,5-11H2,1H3. The van der Waals surface area contributed by atoms with Crippen molar-refractivity contribution in [2.24, 2.45) is 0 Å². The highest BCUT2D eigenvalue weighted by Gasteiger charge is 2.31. The zero-order chi connectivity index (χ0) is 18.1. The van der Waals surface area contributed by atoms with Gasteiger partial charge in [-0.15, -0.1) is 10.2 Å². The predicted molar refractivity (Wildman–Crippen MR) is 92.6 cm³/mol. The lowest BCUT2D eigenvalue weighted by molar-refractivity contribution is 0.0701. The van der Waals surface area contributed by atoms with E-state index in [1.54, 1.807) is 17.0 Å². The van der Waals surface area contributed by atoms with E-state index in [0.717, 1.165) is 44.1 Å². The van der Waals surface area contributed by atoms with Gasteiger partial charge in [0.05, 0.1) is 13.7 Å². The third-order valence-electron chi connectivity index (χ3n) is 5.21. The minimum absolute atomic E-state index is 0.0133. The van der Waals surface area contributed by atoms with Crippen LogP contribution in [0.4, 0.5) is 4.39 Å². The van der Waals surface area contributed by atoms with Crippen LogP contribution in [0.2, 0.25) is 0 Å². The van der Waals surface area contributed by atoms with Gasteiger partial charge in [0, 0.05) is 32.1 Å². The summed E-state index contributed by atoms with van der Waals surface area (Å²) in [7, 11) is 1.45. The lowest BCUT2D eigenvalue weighted by Gasteiger charge is -2.32. The van der Waals surface area contributed by atoms with Crippen LogP contribution in [0.25, 0.3) is 0 Å². The summed E-state index contributed by atoms with van der Waals surface area (Å²) in [6, 6.07) is 4.44. The number of hydrogen-bond donors (Lipinski definition) is 1. The van der Waals surface area contributed by atoms with Crippen molar-refractivity contribution < 1.29 is 13.9 Å². The second-order valence-corrected chi connectivity index (χ2v) is 6.69. The van der Waals surface area contributed by atoms with Crippen molar-refractivity contribution in [3.8, 4) is 5.75 Å². The van der Waals surface area contributed by atoms with Crippen molar-refractivity contribution in [2.45, 2.75) is 31.8 Å². The average molecular weight is 359 g/mol. The number of amides is 1. The van der Waals surface area contributed by atoms with Crippen LogP contribution in [0.5, 0.6) is 5.75 Å². The van der Waals surface area contributed by atoms with Crippen LogP contribution >= 0.6 is 0 Å². The number of fused-ring (bicyclic) bond motifs is 1. The first-order valence-electron chi connectivity index (χ1n) is 8.93. The molecule has 1 fully saturated rings. The summed E-state index contributed by atoms with van der Waals surface area (Å²) in [5.41, 5.74) is 0.0133. The molecule has 2 aromatic rings. The first-order valence-corrected chi connectivity index (χ1v) is 8.93. The highest BCUT2D eigenvalue weighted by molar-refractivity contribution is 5.97. The molecule has 2 aliphatic rings. The Bertz CT molecular complexity index is 814. The number of aromatic nitrogens is 3.